The number of benzene rings is 1. The highest BCUT2D eigenvalue weighted by molar-refractivity contribution is 6.02. The number of carbonyl (C=O) groups excluding carboxylic acids is 1. The van der Waals surface area contributed by atoms with Crippen molar-refractivity contribution in [3.05, 3.63) is 35.5 Å². The molecule has 0 fully saturated rings. The number of phenolic OH excluding ortho intramolecular Hbond substituents is 1. The number of aromatic nitrogens is 1. The zero-order valence-corrected chi connectivity index (χ0v) is 8.61. The van der Waals surface area contributed by atoms with E-state index < -0.39 is 0 Å². The van der Waals surface area contributed by atoms with Crippen molar-refractivity contribution in [2.24, 2.45) is 0 Å². The molecule has 76 valence electrons. The fourth-order valence-electron chi connectivity index (χ4n) is 1.56. The van der Waals surface area contributed by atoms with Gasteiger partial charge in [-0.2, -0.15) is 0 Å². The first-order valence-electron chi connectivity index (χ1n) is 4.70. The van der Waals surface area contributed by atoms with Crippen molar-refractivity contribution < 1.29 is 9.90 Å². The molecule has 0 saturated heterocycles. The van der Waals surface area contributed by atoms with Crippen LogP contribution in [0.4, 0.5) is 0 Å². The average Bonchev–Trinajstić information content (AvgIpc) is 2.19. The van der Waals surface area contributed by atoms with E-state index in [1.165, 1.54) is 6.92 Å². The summed E-state index contributed by atoms with van der Waals surface area (Å²) in [5.41, 5.74) is 1.63. The summed E-state index contributed by atoms with van der Waals surface area (Å²) in [7, 11) is 0. The molecule has 0 aliphatic rings. The van der Waals surface area contributed by atoms with Crippen LogP contribution in [0.3, 0.4) is 0 Å². The van der Waals surface area contributed by atoms with Crippen molar-refractivity contribution in [3.63, 3.8) is 0 Å². The van der Waals surface area contributed by atoms with Crippen molar-refractivity contribution in [1.29, 1.82) is 0 Å². The number of nitrogens with zero attached hydrogens (tertiary/aromatic N) is 1. The van der Waals surface area contributed by atoms with E-state index >= 15 is 0 Å². The van der Waals surface area contributed by atoms with Crippen LogP contribution in [0.5, 0.6) is 5.75 Å². The van der Waals surface area contributed by atoms with Crippen LogP contribution >= 0.6 is 0 Å². The lowest BCUT2D eigenvalue weighted by atomic mass is 10.1. The van der Waals surface area contributed by atoms with Gasteiger partial charge >= 0.3 is 0 Å². The smallest absolute Gasteiger partial charge is 0.163 e. The van der Waals surface area contributed by atoms with E-state index in [0.29, 0.717) is 11.1 Å². The Kier molecular flexibility index (Phi) is 2.15. The summed E-state index contributed by atoms with van der Waals surface area (Å²) < 4.78 is 0. The number of Topliss-reactive ketones (excluding diaryl/α,β-unsaturated/α-hetero) is 1. The SMILES string of the molecule is CC(=O)c1ccc2ccc(C)nc2c1O. The summed E-state index contributed by atoms with van der Waals surface area (Å²) in [5.74, 6) is -0.179. The van der Waals surface area contributed by atoms with Gasteiger partial charge in [-0.05, 0) is 26.0 Å². The molecule has 3 heteroatoms. The Bertz CT molecular complexity index is 547. The van der Waals surface area contributed by atoms with Crippen molar-refractivity contribution >= 4 is 16.7 Å². The number of carbonyl (C=O) groups is 1. The number of hydrogen-bond acceptors (Lipinski definition) is 3. The van der Waals surface area contributed by atoms with Crippen LogP contribution in [0, 0.1) is 6.92 Å². The summed E-state index contributed by atoms with van der Waals surface area (Å²) in [6.45, 7) is 3.27. The molecule has 0 unspecified atom stereocenters. The minimum Gasteiger partial charge on any atom is -0.505 e. The Labute approximate surface area is 87.4 Å². The number of hydrogen-bond donors (Lipinski definition) is 1. The molecule has 0 saturated carbocycles. The molecule has 0 aliphatic carbocycles. The standard InChI is InChI=1S/C12H11NO2/c1-7-3-4-9-5-6-10(8(2)14)12(15)11(9)13-7/h3-6,15H,1-2H3. The van der Waals surface area contributed by atoms with Gasteiger partial charge in [0.1, 0.15) is 5.52 Å². The van der Waals surface area contributed by atoms with Gasteiger partial charge in [0.2, 0.25) is 0 Å². The van der Waals surface area contributed by atoms with Crippen LogP contribution in [0.15, 0.2) is 24.3 Å². The van der Waals surface area contributed by atoms with Gasteiger partial charge in [0.05, 0.1) is 5.56 Å². The summed E-state index contributed by atoms with van der Waals surface area (Å²) in [4.78, 5) is 15.4. The lowest BCUT2D eigenvalue weighted by Crippen LogP contribution is -1.94. The van der Waals surface area contributed by atoms with Gasteiger partial charge in [0, 0.05) is 11.1 Å². The zero-order valence-electron chi connectivity index (χ0n) is 8.61. The topological polar surface area (TPSA) is 50.2 Å². The third kappa shape index (κ3) is 1.56. The van der Waals surface area contributed by atoms with Crippen molar-refractivity contribution in [1.82, 2.24) is 4.98 Å². The van der Waals surface area contributed by atoms with Gasteiger partial charge in [0.25, 0.3) is 0 Å². The average molecular weight is 201 g/mol. The number of phenols is 1. The highest BCUT2D eigenvalue weighted by Gasteiger charge is 2.10. The first kappa shape index (κ1) is 9.65. The molecule has 3 nitrogen and oxygen atoms in total. The van der Waals surface area contributed by atoms with Crippen LogP contribution in [0.25, 0.3) is 10.9 Å². The highest BCUT2D eigenvalue weighted by atomic mass is 16.3. The molecule has 1 aromatic carbocycles. The lowest BCUT2D eigenvalue weighted by Gasteiger charge is -2.05. The summed E-state index contributed by atoms with van der Waals surface area (Å²) in [6.07, 6.45) is 0. The largest absolute Gasteiger partial charge is 0.505 e. The fourth-order valence-corrected chi connectivity index (χ4v) is 1.56. The van der Waals surface area contributed by atoms with E-state index in [0.717, 1.165) is 11.1 Å². The molecule has 0 radical (unpaired) electrons. The Balaban J connectivity index is 2.82. The van der Waals surface area contributed by atoms with Gasteiger partial charge in [0.15, 0.2) is 11.5 Å². The Morgan fingerprint density at radius 2 is 1.93 bits per heavy atom. The number of aryl methyl sites for hydroxylation is 1. The van der Waals surface area contributed by atoms with Crippen LogP contribution in [0.1, 0.15) is 23.0 Å². The fraction of sp³-hybridized carbons (Fsp3) is 0.167. The molecule has 0 amide bonds. The van der Waals surface area contributed by atoms with E-state index in [9.17, 15) is 9.90 Å². The van der Waals surface area contributed by atoms with E-state index in [-0.39, 0.29) is 11.5 Å². The van der Waals surface area contributed by atoms with Crippen molar-refractivity contribution in [3.8, 4) is 5.75 Å². The second-order valence-corrected chi connectivity index (χ2v) is 3.54. The predicted octanol–water partition coefficient (Wildman–Crippen LogP) is 2.45. The van der Waals surface area contributed by atoms with Gasteiger partial charge in [-0.25, -0.2) is 4.98 Å². The number of aromatic hydroxyl groups is 1. The molecular weight excluding hydrogens is 190 g/mol. The molecule has 0 atom stereocenters. The molecular formula is C12H11NO2. The van der Waals surface area contributed by atoms with Crippen molar-refractivity contribution in [2.45, 2.75) is 13.8 Å². The van der Waals surface area contributed by atoms with Gasteiger partial charge in [-0.3, -0.25) is 4.79 Å². The minimum absolute atomic E-state index is 0.0244. The molecule has 0 bridgehead atoms. The first-order chi connectivity index (χ1) is 7.09. The quantitative estimate of drug-likeness (QED) is 0.721. The van der Waals surface area contributed by atoms with Crippen LogP contribution in [-0.4, -0.2) is 15.9 Å². The predicted molar refractivity (Wildman–Crippen MR) is 58.1 cm³/mol. The minimum atomic E-state index is -0.155. The lowest BCUT2D eigenvalue weighted by molar-refractivity contribution is 0.101. The monoisotopic (exact) mass is 201 g/mol. The van der Waals surface area contributed by atoms with Crippen LogP contribution < -0.4 is 0 Å². The summed E-state index contributed by atoms with van der Waals surface area (Å²) >= 11 is 0. The maximum Gasteiger partial charge on any atom is 0.163 e. The van der Waals surface area contributed by atoms with E-state index in [2.05, 4.69) is 4.98 Å². The Hall–Kier alpha value is -1.90. The van der Waals surface area contributed by atoms with Crippen LogP contribution in [-0.2, 0) is 0 Å². The van der Waals surface area contributed by atoms with E-state index in [1.54, 1.807) is 12.1 Å². The first-order valence-corrected chi connectivity index (χ1v) is 4.70. The maximum absolute atomic E-state index is 11.2. The zero-order chi connectivity index (χ0) is 11.0. The van der Waals surface area contributed by atoms with Crippen LogP contribution in [0.2, 0.25) is 0 Å². The number of fused-ring (bicyclic) bond motifs is 1. The molecule has 1 aromatic heterocycles. The molecule has 1 N–H and O–H groups in total. The second-order valence-electron chi connectivity index (χ2n) is 3.54. The molecule has 15 heavy (non-hydrogen) atoms. The Morgan fingerprint density at radius 3 is 2.60 bits per heavy atom. The van der Waals surface area contributed by atoms with Gasteiger partial charge in [-0.1, -0.05) is 12.1 Å². The third-order valence-corrected chi connectivity index (χ3v) is 2.35. The number of rotatable bonds is 1. The van der Waals surface area contributed by atoms with E-state index in [4.69, 9.17) is 0 Å². The van der Waals surface area contributed by atoms with Crippen molar-refractivity contribution in [2.75, 3.05) is 0 Å². The molecule has 2 aromatic rings. The number of ketones is 1. The summed E-state index contributed by atoms with van der Waals surface area (Å²) in [5, 5.41) is 10.7. The van der Waals surface area contributed by atoms with Gasteiger partial charge < -0.3 is 5.11 Å². The Morgan fingerprint density at radius 1 is 1.27 bits per heavy atom. The number of pyridine rings is 1. The molecule has 0 aliphatic heterocycles. The maximum atomic E-state index is 11.2. The second kappa shape index (κ2) is 3.35. The third-order valence-electron chi connectivity index (χ3n) is 2.35. The van der Waals surface area contributed by atoms with Gasteiger partial charge in [-0.15, -0.1) is 0 Å². The molecule has 0 spiro atoms. The summed E-state index contributed by atoms with van der Waals surface area (Å²) in [6, 6.07) is 7.16. The normalized spacial score (nSPS) is 10.5. The molecule has 1 heterocycles. The van der Waals surface area contributed by atoms with E-state index in [1.807, 2.05) is 19.1 Å². The highest BCUT2D eigenvalue weighted by Crippen LogP contribution is 2.27. The molecule has 2 rings (SSSR count).